The molecule has 1 aliphatic rings. The standard InChI is InChI=1S/C25H25NO3/c1-17-5-3-4-6-21(17)19-9-10-22-18(12-14-29-24(22)15-19)7-8-20-16-26-13-11-23(20)25(27)28-2/h3-6,9-11,13,15-16,18H,7-8,12,14H2,1-2H3/t18-/m0/s1. The lowest BCUT2D eigenvalue weighted by molar-refractivity contribution is 0.0599. The van der Waals surface area contributed by atoms with Gasteiger partial charge in [0.05, 0.1) is 19.3 Å². The van der Waals surface area contributed by atoms with Crippen LogP contribution in [0.5, 0.6) is 5.75 Å². The van der Waals surface area contributed by atoms with Crippen molar-refractivity contribution in [3.8, 4) is 16.9 Å². The van der Waals surface area contributed by atoms with Crippen molar-refractivity contribution in [2.45, 2.75) is 32.1 Å². The van der Waals surface area contributed by atoms with Gasteiger partial charge in [-0.05, 0) is 72.1 Å². The van der Waals surface area contributed by atoms with Crippen LogP contribution in [0.3, 0.4) is 0 Å². The zero-order chi connectivity index (χ0) is 20.2. The second-order valence-corrected chi connectivity index (χ2v) is 7.46. The van der Waals surface area contributed by atoms with E-state index in [1.807, 2.05) is 0 Å². The van der Waals surface area contributed by atoms with Crippen LogP contribution in [0.2, 0.25) is 0 Å². The summed E-state index contributed by atoms with van der Waals surface area (Å²) in [5.41, 5.74) is 6.46. The van der Waals surface area contributed by atoms with Crippen LogP contribution in [0.25, 0.3) is 11.1 Å². The Balaban J connectivity index is 1.55. The number of pyridine rings is 1. The summed E-state index contributed by atoms with van der Waals surface area (Å²) in [7, 11) is 1.41. The van der Waals surface area contributed by atoms with Crippen molar-refractivity contribution in [2.75, 3.05) is 13.7 Å². The van der Waals surface area contributed by atoms with Gasteiger partial charge in [0.2, 0.25) is 0 Å². The predicted molar refractivity (Wildman–Crippen MR) is 113 cm³/mol. The number of rotatable bonds is 5. The maximum Gasteiger partial charge on any atom is 0.338 e. The van der Waals surface area contributed by atoms with Gasteiger partial charge in [-0.2, -0.15) is 0 Å². The average molecular weight is 387 g/mol. The number of fused-ring (bicyclic) bond motifs is 1. The molecule has 0 amide bonds. The van der Waals surface area contributed by atoms with Gasteiger partial charge in [-0.15, -0.1) is 0 Å². The zero-order valence-corrected chi connectivity index (χ0v) is 16.9. The summed E-state index contributed by atoms with van der Waals surface area (Å²) < 4.78 is 10.9. The number of hydrogen-bond donors (Lipinski definition) is 0. The number of aromatic nitrogens is 1. The second kappa shape index (κ2) is 8.48. The zero-order valence-electron chi connectivity index (χ0n) is 16.9. The molecular formula is C25H25NO3. The number of carbonyl (C=O) groups excluding carboxylic acids is 1. The summed E-state index contributed by atoms with van der Waals surface area (Å²) in [5.74, 6) is 1.06. The molecule has 4 rings (SSSR count). The molecule has 1 aromatic heterocycles. The molecule has 4 heteroatoms. The molecule has 1 aliphatic heterocycles. The van der Waals surface area contributed by atoms with E-state index in [1.54, 1.807) is 18.5 Å². The van der Waals surface area contributed by atoms with Crippen LogP contribution >= 0.6 is 0 Å². The molecule has 4 nitrogen and oxygen atoms in total. The number of esters is 1. The van der Waals surface area contributed by atoms with Gasteiger partial charge in [-0.3, -0.25) is 4.98 Å². The van der Waals surface area contributed by atoms with Crippen molar-refractivity contribution in [3.05, 3.63) is 83.2 Å². The molecule has 0 bridgehead atoms. The van der Waals surface area contributed by atoms with Gasteiger partial charge >= 0.3 is 5.97 Å². The van der Waals surface area contributed by atoms with Crippen molar-refractivity contribution in [1.29, 1.82) is 0 Å². The second-order valence-electron chi connectivity index (χ2n) is 7.46. The lowest BCUT2D eigenvalue weighted by Gasteiger charge is -2.27. The van der Waals surface area contributed by atoms with Gasteiger partial charge in [-0.1, -0.05) is 36.4 Å². The first-order valence-corrected chi connectivity index (χ1v) is 10.0. The van der Waals surface area contributed by atoms with E-state index in [0.717, 1.165) is 30.6 Å². The van der Waals surface area contributed by atoms with Crippen molar-refractivity contribution in [2.24, 2.45) is 0 Å². The molecular weight excluding hydrogens is 362 g/mol. The molecule has 0 N–H and O–H groups in total. The molecule has 0 aliphatic carbocycles. The van der Waals surface area contributed by atoms with Crippen LogP contribution in [0.15, 0.2) is 60.9 Å². The fourth-order valence-electron chi connectivity index (χ4n) is 4.09. The molecule has 0 spiro atoms. The molecule has 0 saturated heterocycles. The Labute approximate surface area is 171 Å². The van der Waals surface area contributed by atoms with E-state index in [-0.39, 0.29) is 5.97 Å². The molecule has 1 atom stereocenters. The highest BCUT2D eigenvalue weighted by Crippen LogP contribution is 2.39. The molecule has 2 aromatic carbocycles. The van der Waals surface area contributed by atoms with Crippen molar-refractivity contribution >= 4 is 5.97 Å². The Morgan fingerprint density at radius 1 is 1.21 bits per heavy atom. The number of methoxy groups -OCH3 is 1. The Kier molecular flexibility index (Phi) is 5.61. The monoisotopic (exact) mass is 387 g/mol. The van der Waals surface area contributed by atoms with E-state index in [1.165, 1.54) is 29.4 Å². The van der Waals surface area contributed by atoms with Gasteiger partial charge in [-0.25, -0.2) is 4.79 Å². The number of nitrogens with zero attached hydrogens (tertiary/aromatic N) is 1. The highest BCUT2D eigenvalue weighted by atomic mass is 16.5. The number of aryl methyl sites for hydroxylation is 2. The number of benzene rings is 2. The van der Waals surface area contributed by atoms with Gasteiger partial charge in [0, 0.05) is 12.4 Å². The number of carbonyl (C=O) groups is 1. The molecule has 29 heavy (non-hydrogen) atoms. The predicted octanol–water partition coefficient (Wildman–Crippen LogP) is 5.34. The van der Waals surface area contributed by atoms with Gasteiger partial charge in [0.25, 0.3) is 0 Å². The van der Waals surface area contributed by atoms with Crippen LogP contribution < -0.4 is 4.74 Å². The maximum atomic E-state index is 12.0. The first-order valence-electron chi connectivity index (χ1n) is 10.0. The molecule has 3 aromatic rings. The fraction of sp³-hybridized carbons (Fsp3) is 0.280. The third kappa shape index (κ3) is 4.02. The first-order chi connectivity index (χ1) is 14.2. The quantitative estimate of drug-likeness (QED) is 0.554. The van der Waals surface area contributed by atoms with Gasteiger partial charge in [0.1, 0.15) is 5.75 Å². The van der Waals surface area contributed by atoms with E-state index in [4.69, 9.17) is 9.47 Å². The maximum absolute atomic E-state index is 12.0. The fourth-order valence-corrected chi connectivity index (χ4v) is 4.09. The smallest absolute Gasteiger partial charge is 0.338 e. The first kappa shape index (κ1) is 19.2. The summed E-state index contributed by atoms with van der Waals surface area (Å²) >= 11 is 0. The molecule has 0 radical (unpaired) electrons. The Bertz CT molecular complexity index is 1030. The van der Waals surface area contributed by atoms with Crippen molar-refractivity contribution < 1.29 is 14.3 Å². The Morgan fingerprint density at radius 2 is 2.07 bits per heavy atom. The molecule has 0 fully saturated rings. The highest BCUT2D eigenvalue weighted by Gasteiger charge is 2.23. The largest absolute Gasteiger partial charge is 0.493 e. The van der Waals surface area contributed by atoms with Gasteiger partial charge < -0.3 is 9.47 Å². The van der Waals surface area contributed by atoms with Crippen LogP contribution in [0.4, 0.5) is 0 Å². The van der Waals surface area contributed by atoms with E-state index >= 15 is 0 Å². The number of ether oxygens (including phenoxy) is 2. The molecule has 148 valence electrons. The van der Waals surface area contributed by atoms with E-state index < -0.39 is 0 Å². The van der Waals surface area contributed by atoms with Crippen LogP contribution in [-0.4, -0.2) is 24.7 Å². The molecule has 2 heterocycles. The normalized spacial score (nSPS) is 15.3. The highest BCUT2D eigenvalue weighted by molar-refractivity contribution is 5.90. The molecule has 0 saturated carbocycles. The minimum atomic E-state index is -0.308. The average Bonchev–Trinajstić information content (AvgIpc) is 2.77. The van der Waals surface area contributed by atoms with Crippen molar-refractivity contribution in [1.82, 2.24) is 4.98 Å². The van der Waals surface area contributed by atoms with Gasteiger partial charge in [0.15, 0.2) is 0 Å². The third-order valence-electron chi connectivity index (χ3n) is 5.70. The Hall–Kier alpha value is -3.14. The minimum absolute atomic E-state index is 0.308. The van der Waals surface area contributed by atoms with E-state index in [9.17, 15) is 4.79 Å². The topological polar surface area (TPSA) is 48.4 Å². The van der Waals surface area contributed by atoms with Crippen LogP contribution in [-0.2, 0) is 11.2 Å². The summed E-state index contributed by atoms with van der Waals surface area (Å²) in [6.07, 6.45) is 6.10. The van der Waals surface area contributed by atoms with E-state index in [0.29, 0.717) is 18.1 Å². The molecule has 0 unspecified atom stereocenters. The van der Waals surface area contributed by atoms with Crippen molar-refractivity contribution in [3.63, 3.8) is 0 Å². The third-order valence-corrected chi connectivity index (χ3v) is 5.70. The summed E-state index contributed by atoms with van der Waals surface area (Å²) in [5, 5.41) is 0. The Morgan fingerprint density at radius 3 is 2.90 bits per heavy atom. The minimum Gasteiger partial charge on any atom is -0.493 e. The SMILES string of the molecule is COC(=O)c1ccncc1CC[C@H]1CCOc2cc(-c3ccccc3C)ccc21. The summed E-state index contributed by atoms with van der Waals surface area (Å²) in [6, 6.07) is 16.7. The van der Waals surface area contributed by atoms with Crippen LogP contribution in [0, 0.1) is 6.92 Å². The summed E-state index contributed by atoms with van der Waals surface area (Å²) in [4.78, 5) is 16.2. The lowest BCUT2D eigenvalue weighted by atomic mass is 9.86. The van der Waals surface area contributed by atoms with E-state index in [2.05, 4.69) is 54.4 Å². The summed E-state index contributed by atoms with van der Waals surface area (Å²) in [6.45, 7) is 2.84. The number of hydrogen-bond acceptors (Lipinski definition) is 4. The van der Waals surface area contributed by atoms with Crippen LogP contribution in [0.1, 0.15) is 45.8 Å². The lowest BCUT2D eigenvalue weighted by Crippen LogP contribution is -2.15.